The van der Waals surface area contributed by atoms with Crippen LogP contribution < -0.4 is 5.32 Å². The largest absolute Gasteiger partial charge is 0.462 e. The Morgan fingerprint density at radius 1 is 1.59 bits per heavy atom. The van der Waals surface area contributed by atoms with Crippen molar-refractivity contribution in [3.8, 4) is 0 Å². The minimum atomic E-state index is -0.866. The Hall–Kier alpha value is -1.43. The molecule has 1 heterocycles. The van der Waals surface area contributed by atoms with E-state index in [0.29, 0.717) is 30.3 Å². The number of rotatable bonds is 6. The van der Waals surface area contributed by atoms with Crippen LogP contribution in [0.15, 0.2) is 18.3 Å². The Morgan fingerprint density at radius 2 is 2.35 bits per heavy atom. The zero-order valence-electron chi connectivity index (χ0n) is 9.93. The van der Waals surface area contributed by atoms with Gasteiger partial charge >= 0.3 is 5.97 Å². The maximum absolute atomic E-state index is 11.6. The van der Waals surface area contributed by atoms with Gasteiger partial charge in [0.25, 0.3) is 0 Å². The monoisotopic (exact) mass is 256 g/mol. The molecule has 1 atom stereocenters. The topological polar surface area (TPSA) is 68.3 Å². The van der Waals surface area contributed by atoms with E-state index in [1.54, 1.807) is 31.5 Å². The van der Waals surface area contributed by atoms with Crippen molar-refractivity contribution in [3.05, 3.63) is 23.9 Å². The van der Waals surface area contributed by atoms with Crippen LogP contribution in [0, 0.1) is 0 Å². The van der Waals surface area contributed by atoms with Crippen LogP contribution in [0.25, 0.3) is 0 Å². The molecule has 0 radical (unpaired) electrons. The van der Waals surface area contributed by atoms with Gasteiger partial charge in [-0.15, -0.1) is 0 Å². The summed E-state index contributed by atoms with van der Waals surface area (Å²) in [6.45, 7) is 2.58. The van der Waals surface area contributed by atoms with Crippen LogP contribution in [0.3, 0.4) is 0 Å². The fourth-order valence-electron chi connectivity index (χ4n) is 1.23. The molecule has 0 bridgehead atoms. The fraction of sp³-hybridized carbons (Fsp3) is 0.455. The summed E-state index contributed by atoms with van der Waals surface area (Å²) in [5, 5.41) is 2.98. The molecule has 0 aromatic carbocycles. The van der Waals surface area contributed by atoms with E-state index >= 15 is 0 Å². The second kappa shape index (κ2) is 7.01. The van der Waals surface area contributed by atoms with Crippen LogP contribution in [0.1, 0.15) is 17.3 Å². The minimum absolute atomic E-state index is 0.326. The molecule has 0 spiro atoms. The molecule has 17 heavy (non-hydrogen) atoms. The summed E-state index contributed by atoms with van der Waals surface area (Å²) in [5.41, 5.74) is 0.399. The van der Waals surface area contributed by atoms with Crippen LogP contribution >= 0.6 is 0 Å². The third-order valence-electron chi connectivity index (χ3n) is 1.99. The first-order valence-electron chi connectivity index (χ1n) is 5.31. The zero-order valence-corrected chi connectivity index (χ0v) is 10.8. The summed E-state index contributed by atoms with van der Waals surface area (Å²) in [6.07, 6.45) is 3.22. The van der Waals surface area contributed by atoms with Gasteiger partial charge in [-0.3, -0.25) is 4.21 Å². The molecule has 0 aliphatic carbocycles. The van der Waals surface area contributed by atoms with Gasteiger partial charge in [0.05, 0.1) is 6.61 Å². The zero-order chi connectivity index (χ0) is 12.7. The van der Waals surface area contributed by atoms with Crippen molar-refractivity contribution < 1.29 is 13.7 Å². The fourth-order valence-corrected chi connectivity index (χ4v) is 1.62. The number of nitrogens with zero attached hydrogens (tertiary/aromatic N) is 1. The summed E-state index contributed by atoms with van der Waals surface area (Å²) in [7, 11) is -0.866. The summed E-state index contributed by atoms with van der Waals surface area (Å²) in [5.74, 6) is 0.580. The van der Waals surface area contributed by atoms with E-state index in [0.717, 1.165) is 0 Å². The lowest BCUT2D eigenvalue weighted by Gasteiger charge is -2.09. The van der Waals surface area contributed by atoms with Crippen molar-refractivity contribution in [3.63, 3.8) is 0 Å². The highest BCUT2D eigenvalue weighted by atomic mass is 32.2. The molecule has 0 fully saturated rings. The number of ether oxygens (including phenoxy) is 1. The molecule has 94 valence electrons. The molecule has 1 aromatic rings. The Kier molecular flexibility index (Phi) is 5.62. The van der Waals surface area contributed by atoms with E-state index in [9.17, 15) is 9.00 Å². The number of aromatic nitrogens is 1. The van der Waals surface area contributed by atoms with Crippen LogP contribution in [0.4, 0.5) is 5.82 Å². The third-order valence-corrected chi connectivity index (χ3v) is 2.76. The number of carbonyl (C=O) groups is 1. The number of hydrogen-bond donors (Lipinski definition) is 1. The Balaban J connectivity index is 2.70. The van der Waals surface area contributed by atoms with E-state index < -0.39 is 16.8 Å². The number of anilines is 1. The Morgan fingerprint density at radius 3 is 3.00 bits per heavy atom. The maximum Gasteiger partial charge on any atom is 0.341 e. The lowest BCUT2D eigenvalue weighted by Crippen LogP contribution is -2.15. The molecule has 1 aromatic heterocycles. The summed E-state index contributed by atoms with van der Waals surface area (Å²) in [6, 6.07) is 3.33. The van der Waals surface area contributed by atoms with E-state index in [1.165, 1.54) is 0 Å². The van der Waals surface area contributed by atoms with Crippen molar-refractivity contribution in [2.24, 2.45) is 0 Å². The molecule has 6 heteroatoms. The average molecular weight is 256 g/mol. The molecule has 0 aliphatic heterocycles. The predicted molar refractivity (Wildman–Crippen MR) is 67.6 cm³/mol. The predicted octanol–water partition coefficient (Wildman–Crippen LogP) is 1.05. The van der Waals surface area contributed by atoms with Crippen molar-refractivity contribution in [1.29, 1.82) is 0 Å². The smallest absolute Gasteiger partial charge is 0.341 e. The molecule has 1 rings (SSSR count). The third kappa shape index (κ3) is 4.52. The Bertz CT molecular complexity index is 409. The number of hydrogen-bond acceptors (Lipinski definition) is 5. The molecule has 0 saturated carbocycles. The molecule has 0 amide bonds. The first kappa shape index (κ1) is 13.6. The van der Waals surface area contributed by atoms with Gasteiger partial charge in [-0.25, -0.2) is 9.78 Å². The quantitative estimate of drug-likeness (QED) is 0.770. The summed E-state index contributed by atoms with van der Waals surface area (Å²) >= 11 is 0. The number of nitrogens with one attached hydrogen (secondary N) is 1. The highest BCUT2D eigenvalue weighted by molar-refractivity contribution is 7.84. The van der Waals surface area contributed by atoms with Gasteiger partial charge in [0.15, 0.2) is 0 Å². The van der Waals surface area contributed by atoms with E-state index in [1.807, 2.05) is 0 Å². The van der Waals surface area contributed by atoms with Crippen LogP contribution in [0.2, 0.25) is 0 Å². The van der Waals surface area contributed by atoms with E-state index in [4.69, 9.17) is 4.74 Å². The lowest BCUT2D eigenvalue weighted by molar-refractivity contribution is 0.0527. The summed E-state index contributed by atoms with van der Waals surface area (Å²) in [4.78, 5) is 15.7. The van der Waals surface area contributed by atoms with Gasteiger partial charge in [0, 0.05) is 35.5 Å². The lowest BCUT2D eigenvalue weighted by atomic mass is 10.2. The van der Waals surface area contributed by atoms with Crippen molar-refractivity contribution in [2.45, 2.75) is 6.92 Å². The second-order valence-corrected chi connectivity index (χ2v) is 4.88. The average Bonchev–Trinajstić information content (AvgIpc) is 2.29. The number of pyridine rings is 1. The van der Waals surface area contributed by atoms with Crippen molar-refractivity contribution in [1.82, 2.24) is 4.98 Å². The van der Waals surface area contributed by atoms with Gasteiger partial charge in [-0.1, -0.05) is 0 Å². The van der Waals surface area contributed by atoms with Gasteiger partial charge in [-0.2, -0.15) is 0 Å². The molecule has 0 aliphatic rings. The first-order chi connectivity index (χ1) is 8.15. The molecular weight excluding hydrogens is 240 g/mol. The highest BCUT2D eigenvalue weighted by Crippen LogP contribution is 2.12. The van der Waals surface area contributed by atoms with Gasteiger partial charge in [0.2, 0.25) is 0 Å². The van der Waals surface area contributed by atoms with Gasteiger partial charge in [-0.05, 0) is 19.1 Å². The molecular formula is C11H16N2O3S. The molecule has 1 N–H and O–H groups in total. The standard InChI is InChI=1S/C11H16N2O3S/c1-3-16-11(14)9-5-4-6-12-10(9)13-7-8-17(2)15/h4-6H,3,7-8H2,1-2H3,(H,12,13). The van der Waals surface area contributed by atoms with Gasteiger partial charge in [0.1, 0.15) is 11.4 Å². The normalized spacial score (nSPS) is 11.9. The van der Waals surface area contributed by atoms with Gasteiger partial charge < -0.3 is 10.1 Å². The molecule has 5 nitrogen and oxygen atoms in total. The first-order valence-corrected chi connectivity index (χ1v) is 7.04. The maximum atomic E-state index is 11.6. The number of esters is 1. The molecule has 1 unspecified atom stereocenters. The number of carbonyl (C=O) groups excluding carboxylic acids is 1. The van der Waals surface area contributed by atoms with Crippen molar-refractivity contribution in [2.75, 3.05) is 30.5 Å². The van der Waals surface area contributed by atoms with E-state index in [2.05, 4.69) is 10.3 Å². The highest BCUT2D eigenvalue weighted by Gasteiger charge is 2.12. The van der Waals surface area contributed by atoms with Crippen molar-refractivity contribution >= 4 is 22.6 Å². The SMILES string of the molecule is CCOC(=O)c1cccnc1NCCS(C)=O. The van der Waals surface area contributed by atoms with Crippen LogP contribution in [0.5, 0.6) is 0 Å². The van der Waals surface area contributed by atoms with Crippen LogP contribution in [-0.2, 0) is 15.5 Å². The molecule has 0 saturated heterocycles. The second-order valence-electron chi connectivity index (χ2n) is 3.32. The minimum Gasteiger partial charge on any atom is -0.462 e. The summed E-state index contributed by atoms with van der Waals surface area (Å²) < 4.78 is 15.8. The van der Waals surface area contributed by atoms with Crippen LogP contribution in [-0.4, -0.2) is 40.3 Å². The Labute approximate surface area is 103 Å². The van der Waals surface area contributed by atoms with E-state index in [-0.39, 0.29) is 0 Å².